The molecule has 0 radical (unpaired) electrons. The van der Waals surface area contributed by atoms with Gasteiger partial charge in [0.25, 0.3) is 0 Å². The van der Waals surface area contributed by atoms with Gasteiger partial charge < -0.3 is 15.8 Å². The smallest absolute Gasteiger partial charge is 0.223 e. The molecule has 22 heavy (non-hydrogen) atoms. The van der Waals surface area contributed by atoms with Crippen molar-refractivity contribution in [3.05, 3.63) is 11.3 Å². The molecule has 1 aliphatic heterocycles. The quantitative estimate of drug-likeness (QED) is 0.834. The molecule has 0 amide bonds. The van der Waals surface area contributed by atoms with Crippen LogP contribution in [0.15, 0.2) is 0 Å². The average molecular weight is 304 g/mol. The third kappa shape index (κ3) is 3.05. The SMILES string of the molecule is C1CCNC1.COc1nc(N)nc2c1CCCC21CCCC1. The number of methoxy groups -OCH3 is 1. The van der Waals surface area contributed by atoms with Gasteiger partial charge in [-0.3, -0.25) is 0 Å². The largest absolute Gasteiger partial charge is 0.481 e. The van der Waals surface area contributed by atoms with E-state index in [4.69, 9.17) is 10.5 Å². The molecule has 1 aromatic rings. The molecule has 2 aliphatic carbocycles. The third-order valence-electron chi connectivity index (χ3n) is 5.28. The van der Waals surface area contributed by atoms with Gasteiger partial charge in [-0.1, -0.05) is 12.8 Å². The van der Waals surface area contributed by atoms with E-state index in [1.54, 1.807) is 7.11 Å². The van der Waals surface area contributed by atoms with E-state index in [-0.39, 0.29) is 5.41 Å². The first kappa shape index (κ1) is 15.5. The number of hydrogen-bond acceptors (Lipinski definition) is 5. The molecule has 0 bridgehead atoms. The van der Waals surface area contributed by atoms with E-state index in [0.717, 1.165) is 6.42 Å². The van der Waals surface area contributed by atoms with Gasteiger partial charge in [0.05, 0.1) is 12.8 Å². The van der Waals surface area contributed by atoms with Gasteiger partial charge in [0.2, 0.25) is 11.8 Å². The number of ether oxygens (including phenoxy) is 1. The number of fused-ring (bicyclic) bond motifs is 2. The molecule has 3 N–H and O–H groups in total. The number of nitrogens with one attached hydrogen (secondary N) is 1. The molecule has 122 valence electrons. The summed E-state index contributed by atoms with van der Waals surface area (Å²) in [7, 11) is 1.66. The molecule has 5 heteroatoms. The van der Waals surface area contributed by atoms with Gasteiger partial charge in [-0.2, -0.15) is 4.98 Å². The lowest BCUT2D eigenvalue weighted by atomic mass is 9.72. The van der Waals surface area contributed by atoms with Crippen LogP contribution in [0.3, 0.4) is 0 Å². The van der Waals surface area contributed by atoms with E-state index in [1.807, 2.05) is 0 Å². The summed E-state index contributed by atoms with van der Waals surface area (Å²) < 4.78 is 5.37. The van der Waals surface area contributed by atoms with Crippen molar-refractivity contribution in [3.8, 4) is 5.88 Å². The number of anilines is 1. The van der Waals surface area contributed by atoms with Crippen molar-refractivity contribution < 1.29 is 4.74 Å². The van der Waals surface area contributed by atoms with Gasteiger partial charge in [0.1, 0.15) is 0 Å². The summed E-state index contributed by atoms with van der Waals surface area (Å²) in [6.07, 6.45) is 11.4. The number of nitrogens with two attached hydrogens (primary N) is 1. The predicted molar refractivity (Wildman–Crippen MR) is 88.2 cm³/mol. The van der Waals surface area contributed by atoms with Gasteiger partial charge in [-0.15, -0.1) is 0 Å². The van der Waals surface area contributed by atoms with E-state index >= 15 is 0 Å². The molecular weight excluding hydrogens is 276 g/mol. The minimum atomic E-state index is 0.276. The van der Waals surface area contributed by atoms with E-state index in [0.29, 0.717) is 11.8 Å². The number of nitrogen functional groups attached to an aromatic ring is 1. The molecule has 1 spiro atoms. The fraction of sp³-hybridized carbons (Fsp3) is 0.765. The fourth-order valence-corrected chi connectivity index (χ4v) is 4.20. The molecule has 2 fully saturated rings. The molecule has 5 nitrogen and oxygen atoms in total. The lowest BCUT2D eigenvalue weighted by Crippen LogP contribution is -2.30. The topological polar surface area (TPSA) is 73.1 Å². The molecule has 3 aliphatic rings. The van der Waals surface area contributed by atoms with Crippen LogP contribution in [0.5, 0.6) is 5.88 Å². The molecule has 1 saturated carbocycles. The Balaban J connectivity index is 0.000000246. The summed E-state index contributed by atoms with van der Waals surface area (Å²) in [4.78, 5) is 8.75. The number of rotatable bonds is 1. The maximum Gasteiger partial charge on any atom is 0.223 e. The highest BCUT2D eigenvalue weighted by molar-refractivity contribution is 5.42. The summed E-state index contributed by atoms with van der Waals surface area (Å²) in [6.45, 7) is 2.50. The Labute approximate surface area is 133 Å². The molecule has 0 atom stereocenters. The molecular formula is C17H28N4O. The summed E-state index contributed by atoms with van der Waals surface area (Å²) in [5.74, 6) is 1.05. The van der Waals surface area contributed by atoms with Crippen molar-refractivity contribution in [2.75, 3.05) is 25.9 Å². The van der Waals surface area contributed by atoms with Crippen LogP contribution in [0.4, 0.5) is 5.95 Å². The van der Waals surface area contributed by atoms with Gasteiger partial charge in [0.15, 0.2) is 0 Å². The Morgan fingerprint density at radius 2 is 1.68 bits per heavy atom. The van der Waals surface area contributed by atoms with Crippen LogP contribution in [0.1, 0.15) is 62.6 Å². The van der Waals surface area contributed by atoms with Gasteiger partial charge >= 0.3 is 0 Å². The van der Waals surface area contributed by atoms with Crippen molar-refractivity contribution in [1.29, 1.82) is 0 Å². The molecule has 1 aromatic heterocycles. The Morgan fingerprint density at radius 3 is 2.27 bits per heavy atom. The first-order valence-corrected chi connectivity index (χ1v) is 8.67. The number of hydrogen-bond donors (Lipinski definition) is 2. The van der Waals surface area contributed by atoms with Gasteiger partial charge in [-0.25, -0.2) is 4.98 Å². The minimum absolute atomic E-state index is 0.276. The standard InChI is InChI=1S/C13H19N3O.C4H9N/c1-17-11-9-5-4-8-13(6-2-3-7-13)10(9)15-12(14)16-11;1-2-4-5-3-1/h2-8H2,1H3,(H2,14,15,16);5H,1-4H2. The fourth-order valence-electron chi connectivity index (χ4n) is 4.20. The zero-order chi connectivity index (χ0) is 15.4. The van der Waals surface area contributed by atoms with Crippen molar-refractivity contribution >= 4 is 5.95 Å². The second-order valence-electron chi connectivity index (χ2n) is 6.72. The van der Waals surface area contributed by atoms with Crippen molar-refractivity contribution in [2.24, 2.45) is 0 Å². The summed E-state index contributed by atoms with van der Waals surface area (Å²) in [5, 5.41) is 3.22. The van der Waals surface area contributed by atoms with Gasteiger partial charge in [-0.05, 0) is 58.0 Å². The number of aromatic nitrogens is 2. The predicted octanol–water partition coefficient (Wildman–Crippen LogP) is 2.59. The molecule has 1 saturated heterocycles. The summed E-state index contributed by atoms with van der Waals surface area (Å²) in [5.41, 5.74) is 8.47. The Kier molecular flexibility index (Phi) is 4.81. The van der Waals surface area contributed by atoms with E-state index in [2.05, 4.69) is 15.3 Å². The third-order valence-corrected chi connectivity index (χ3v) is 5.28. The zero-order valence-electron chi connectivity index (χ0n) is 13.7. The Bertz CT molecular complexity index is 500. The Hall–Kier alpha value is -1.36. The molecule has 2 heterocycles. The highest BCUT2D eigenvalue weighted by atomic mass is 16.5. The van der Waals surface area contributed by atoms with E-state index in [1.165, 1.54) is 75.7 Å². The van der Waals surface area contributed by atoms with Crippen LogP contribution < -0.4 is 15.8 Å². The zero-order valence-corrected chi connectivity index (χ0v) is 13.7. The van der Waals surface area contributed by atoms with Crippen LogP contribution >= 0.6 is 0 Å². The monoisotopic (exact) mass is 304 g/mol. The first-order chi connectivity index (χ1) is 10.7. The number of nitrogens with zero attached hydrogens (tertiary/aromatic N) is 2. The van der Waals surface area contributed by atoms with Crippen LogP contribution in [-0.4, -0.2) is 30.2 Å². The molecule has 0 unspecified atom stereocenters. The second-order valence-corrected chi connectivity index (χ2v) is 6.72. The molecule has 4 rings (SSSR count). The van der Waals surface area contributed by atoms with Gasteiger partial charge in [0, 0.05) is 11.0 Å². The maximum atomic E-state index is 5.81. The second kappa shape index (κ2) is 6.82. The lowest BCUT2D eigenvalue weighted by Gasteiger charge is -2.34. The van der Waals surface area contributed by atoms with Crippen molar-refractivity contribution in [3.63, 3.8) is 0 Å². The summed E-state index contributed by atoms with van der Waals surface area (Å²) in [6, 6.07) is 0. The lowest BCUT2D eigenvalue weighted by molar-refractivity contribution is 0.337. The average Bonchev–Trinajstić information content (AvgIpc) is 3.22. The van der Waals surface area contributed by atoms with E-state index < -0.39 is 0 Å². The van der Waals surface area contributed by atoms with E-state index in [9.17, 15) is 0 Å². The van der Waals surface area contributed by atoms with Crippen LogP contribution in [0.25, 0.3) is 0 Å². The maximum absolute atomic E-state index is 5.81. The van der Waals surface area contributed by atoms with Crippen LogP contribution in [0.2, 0.25) is 0 Å². The highest BCUT2D eigenvalue weighted by Gasteiger charge is 2.41. The van der Waals surface area contributed by atoms with Crippen LogP contribution in [0, 0.1) is 0 Å². The summed E-state index contributed by atoms with van der Waals surface area (Å²) >= 11 is 0. The normalized spacial score (nSPS) is 22.0. The Morgan fingerprint density at radius 1 is 1.00 bits per heavy atom. The van der Waals surface area contributed by atoms with Crippen molar-refractivity contribution in [1.82, 2.24) is 15.3 Å². The highest BCUT2D eigenvalue weighted by Crippen LogP contribution is 2.49. The minimum Gasteiger partial charge on any atom is -0.481 e. The van der Waals surface area contributed by atoms with Crippen LogP contribution in [-0.2, 0) is 11.8 Å². The first-order valence-electron chi connectivity index (χ1n) is 8.67. The molecule has 0 aromatic carbocycles. The van der Waals surface area contributed by atoms with Crippen molar-refractivity contribution in [2.45, 2.75) is 63.2 Å².